The number of amides is 4. The van der Waals surface area contributed by atoms with Gasteiger partial charge in [-0.15, -0.1) is 0 Å². The van der Waals surface area contributed by atoms with E-state index in [2.05, 4.69) is 10.6 Å². The van der Waals surface area contributed by atoms with Gasteiger partial charge in [-0.1, -0.05) is 18.2 Å². The molecule has 0 aromatic carbocycles. The molecular weight excluding hydrogens is 318 g/mol. The van der Waals surface area contributed by atoms with Gasteiger partial charge in [-0.2, -0.15) is 0 Å². The van der Waals surface area contributed by atoms with Crippen LogP contribution < -0.4 is 10.6 Å². The zero-order valence-electron chi connectivity index (χ0n) is 13.5. The molecule has 128 valence electrons. The molecule has 2 rings (SSSR count). The number of carbonyl (C=O) groups is 4. The van der Waals surface area contributed by atoms with Gasteiger partial charge < -0.3 is 10.6 Å². The Balaban J connectivity index is 1.74. The maximum absolute atomic E-state index is 12.2. The van der Waals surface area contributed by atoms with E-state index in [-0.39, 0.29) is 35.9 Å². The monoisotopic (exact) mass is 341 g/mol. The lowest BCUT2D eigenvalue weighted by Crippen LogP contribution is -2.50. The van der Waals surface area contributed by atoms with Gasteiger partial charge in [-0.25, -0.2) is 0 Å². The molecule has 0 atom stereocenters. The fraction of sp³-hybridized carbons (Fsp3) is 0.733. The second kappa shape index (κ2) is 7.33. The molecule has 0 unspecified atom stereocenters. The first-order chi connectivity index (χ1) is 10.8. The van der Waals surface area contributed by atoms with E-state index in [4.69, 9.17) is 0 Å². The van der Waals surface area contributed by atoms with Crippen molar-refractivity contribution < 1.29 is 19.2 Å². The van der Waals surface area contributed by atoms with Crippen LogP contribution in [0.15, 0.2) is 0 Å². The highest BCUT2D eigenvalue weighted by molar-refractivity contribution is 8.14. The number of thioether (sulfide) groups is 1. The molecule has 0 aromatic rings. The van der Waals surface area contributed by atoms with Crippen LogP contribution in [0.3, 0.4) is 0 Å². The molecule has 1 saturated heterocycles. The van der Waals surface area contributed by atoms with Gasteiger partial charge in [0, 0.05) is 19.6 Å². The SMILES string of the molecule is CC(C)(C(=O)NCCN1C(=O)CSC1=O)C(=O)NCC1CCC1. The molecule has 0 aromatic heterocycles. The third-order valence-corrected chi connectivity index (χ3v) is 5.23. The van der Waals surface area contributed by atoms with E-state index in [1.165, 1.54) is 6.42 Å². The smallest absolute Gasteiger partial charge is 0.288 e. The Kier molecular flexibility index (Phi) is 5.67. The average Bonchev–Trinajstić information content (AvgIpc) is 2.76. The van der Waals surface area contributed by atoms with Crippen LogP contribution in [-0.2, 0) is 14.4 Å². The Bertz CT molecular complexity index is 501. The minimum absolute atomic E-state index is 0.135. The van der Waals surface area contributed by atoms with Gasteiger partial charge in [0.25, 0.3) is 5.24 Å². The number of nitrogens with one attached hydrogen (secondary N) is 2. The summed E-state index contributed by atoms with van der Waals surface area (Å²) in [6, 6.07) is 0. The fourth-order valence-corrected chi connectivity index (χ4v) is 3.11. The summed E-state index contributed by atoms with van der Waals surface area (Å²) in [4.78, 5) is 48.4. The van der Waals surface area contributed by atoms with Crippen LogP contribution in [0.25, 0.3) is 0 Å². The van der Waals surface area contributed by atoms with E-state index in [1.807, 2.05) is 0 Å². The van der Waals surface area contributed by atoms with Gasteiger partial charge in [-0.3, -0.25) is 24.1 Å². The Labute approximate surface area is 139 Å². The highest BCUT2D eigenvalue weighted by Gasteiger charge is 2.36. The summed E-state index contributed by atoms with van der Waals surface area (Å²) >= 11 is 0.960. The van der Waals surface area contributed by atoms with Gasteiger partial charge in [-0.05, 0) is 32.6 Å². The molecule has 2 fully saturated rings. The molecule has 8 heteroatoms. The zero-order chi connectivity index (χ0) is 17.0. The van der Waals surface area contributed by atoms with Crippen molar-refractivity contribution in [3.05, 3.63) is 0 Å². The van der Waals surface area contributed by atoms with Crippen LogP contribution in [0.4, 0.5) is 4.79 Å². The normalized spacial score (nSPS) is 18.8. The second-order valence-corrected chi connectivity index (χ2v) is 7.41. The lowest BCUT2D eigenvalue weighted by atomic mass is 9.84. The van der Waals surface area contributed by atoms with E-state index in [1.54, 1.807) is 13.8 Å². The van der Waals surface area contributed by atoms with Crippen LogP contribution in [0.5, 0.6) is 0 Å². The first-order valence-electron chi connectivity index (χ1n) is 7.86. The summed E-state index contributed by atoms with van der Waals surface area (Å²) in [5, 5.41) is 5.17. The predicted octanol–water partition coefficient (Wildman–Crippen LogP) is 0.741. The summed E-state index contributed by atoms with van der Waals surface area (Å²) < 4.78 is 0. The van der Waals surface area contributed by atoms with Crippen molar-refractivity contribution in [2.75, 3.05) is 25.4 Å². The molecule has 1 heterocycles. The molecule has 2 aliphatic rings. The summed E-state index contributed by atoms with van der Waals surface area (Å²) in [6.07, 6.45) is 3.46. The van der Waals surface area contributed by atoms with Crippen molar-refractivity contribution in [3.63, 3.8) is 0 Å². The number of nitrogens with zero attached hydrogens (tertiary/aromatic N) is 1. The van der Waals surface area contributed by atoms with E-state index < -0.39 is 11.3 Å². The van der Waals surface area contributed by atoms with E-state index in [0.29, 0.717) is 12.5 Å². The zero-order valence-corrected chi connectivity index (χ0v) is 14.3. The summed E-state index contributed by atoms with van der Waals surface area (Å²) in [6.45, 7) is 4.04. The average molecular weight is 341 g/mol. The van der Waals surface area contributed by atoms with E-state index in [9.17, 15) is 19.2 Å². The Hall–Kier alpha value is -1.57. The summed E-state index contributed by atoms with van der Waals surface area (Å²) in [5.41, 5.74) is -1.18. The quantitative estimate of drug-likeness (QED) is 0.666. The Morgan fingerprint density at radius 3 is 2.39 bits per heavy atom. The van der Waals surface area contributed by atoms with Gasteiger partial charge in [0.2, 0.25) is 17.7 Å². The molecule has 4 amide bonds. The minimum atomic E-state index is -1.18. The lowest BCUT2D eigenvalue weighted by molar-refractivity contribution is -0.141. The van der Waals surface area contributed by atoms with Crippen LogP contribution >= 0.6 is 11.8 Å². The standard InChI is InChI=1S/C15H23N3O4S/c1-15(2,13(21)17-8-10-4-3-5-10)12(20)16-6-7-18-11(19)9-23-14(18)22/h10H,3-9H2,1-2H3,(H,16,20)(H,17,21). The Morgan fingerprint density at radius 1 is 1.22 bits per heavy atom. The lowest BCUT2D eigenvalue weighted by Gasteiger charge is -2.28. The number of hydrogen-bond donors (Lipinski definition) is 2. The number of hydrogen-bond acceptors (Lipinski definition) is 5. The molecule has 1 saturated carbocycles. The van der Waals surface area contributed by atoms with Crippen LogP contribution in [0.1, 0.15) is 33.1 Å². The molecule has 1 aliphatic heterocycles. The maximum atomic E-state index is 12.2. The summed E-state index contributed by atoms with van der Waals surface area (Å²) in [5.74, 6) is -0.266. The molecule has 7 nitrogen and oxygen atoms in total. The first kappa shape index (κ1) is 17.8. The van der Waals surface area contributed by atoms with Crippen molar-refractivity contribution in [2.45, 2.75) is 33.1 Å². The third-order valence-electron chi connectivity index (χ3n) is 4.37. The molecule has 0 spiro atoms. The highest BCUT2D eigenvalue weighted by Crippen LogP contribution is 2.25. The number of rotatable bonds is 7. The van der Waals surface area contributed by atoms with Gasteiger partial charge in [0.05, 0.1) is 5.75 Å². The van der Waals surface area contributed by atoms with Crippen LogP contribution in [0, 0.1) is 11.3 Å². The molecule has 23 heavy (non-hydrogen) atoms. The Morgan fingerprint density at radius 2 is 1.87 bits per heavy atom. The van der Waals surface area contributed by atoms with Crippen LogP contribution in [-0.4, -0.2) is 53.2 Å². The third kappa shape index (κ3) is 4.25. The topological polar surface area (TPSA) is 95.6 Å². The molecule has 1 aliphatic carbocycles. The van der Waals surface area contributed by atoms with Gasteiger partial charge >= 0.3 is 0 Å². The van der Waals surface area contributed by atoms with Crippen molar-refractivity contribution >= 4 is 34.7 Å². The van der Waals surface area contributed by atoms with Crippen molar-refractivity contribution in [2.24, 2.45) is 11.3 Å². The molecule has 0 bridgehead atoms. The molecule has 0 radical (unpaired) electrons. The van der Waals surface area contributed by atoms with E-state index in [0.717, 1.165) is 29.5 Å². The predicted molar refractivity (Wildman–Crippen MR) is 86.7 cm³/mol. The van der Waals surface area contributed by atoms with Crippen molar-refractivity contribution in [1.82, 2.24) is 15.5 Å². The van der Waals surface area contributed by atoms with Crippen molar-refractivity contribution in [3.8, 4) is 0 Å². The number of imide groups is 1. The van der Waals surface area contributed by atoms with E-state index >= 15 is 0 Å². The first-order valence-corrected chi connectivity index (χ1v) is 8.84. The number of carbonyl (C=O) groups excluding carboxylic acids is 4. The highest BCUT2D eigenvalue weighted by atomic mass is 32.2. The van der Waals surface area contributed by atoms with Gasteiger partial charge in [0.1, 0.15) is 5.41 Å². The van der Waals surface area contributed by atoms with Gasteiger partial charge in [0.15, 0.2) is 0 Å². The maximum Gasteiger partial charge on any atom is 0.288 e. The molecule has 2 N–H and O–H groups in total. The fourth-order valence-electron chi connectivity index (χ4n) is 2.36. The largest absolute Gasteiger partial charge is 0.355 e. The minimum Gasteiger partial charge on any atom is -0.355 e. The van der Waals surface area contributed by atoms with Crippen molar-refractivity contribution in [1.29, 1.82) is 0 Å². The summed E-state index contributed by atoms with van der Waals surface area (Å²) in [7, 11) is 0. The molecular formula is C15H23N3O4S. The van der Waals surface area contributed by atoms with Crippen LogP contribution in [0.2, 0.25) is 0 Å². The second-order valence-electron chi connectivity index (χ2n) is 6.49.